The second-order valence-corrected chi connectivity index (χ2v) is 6.43. The molecule has 1 fully saturated rings. The zero-order valence-corrected chi connectivity index (χ0v) is 14.7. The molecule has 142 valence electrons. The minimum absolute atomic E-state index is 0.0745. The molecule has 5 nitrogen and oxygen atoms in total. The summed E-state index contributed by atoms with van der Waals surface area (Å²) in [4.78, 5) is 27.1. The molecule has 1 aliphatic heterocycles. The first-order valence-electron chi connectivity index (χ1n) is 8.74. The highest BCUT2D eigenvalue weighted by Gasteiger charge is 2.23. The highest BCUT2D eigenvalue weighted by molar-refractivity contribution is 5.89. The standard InChI is InChI=1S/C20H20F2N2O3/c21-15-6-7-17(22)18(13-15)23-9-11-24(12-10-23)19(25)8-5-14-3-1-2-4-16(14)20(26)27/h1-4,6-7,13H,5,8-12H2,(H,26,27). The summed E-state index contributed by atoms with van der Waals surface area (Å²) in [6.45, 7) is 1.65. The lowest BCUT2D eigenvalue weighted by Gasteiger charge is -2.36. The van der Waals surface area contributed by atoms with Crippen LogP contribution in [-0.4, -0.2) is 48.1 Å². The van der Waals surface area contributed by atoms with Crippen molar-refractivity contribution >= 4 is 17.6 Å². The molecule has 3 rings (SSSR count). The van der Waals surface area contributed by atoms with Gasteiger partial charge in [0, 0.05) is 38.7 Å². The van der Waals surface area contributed by atoms with Gasteiger partial charge in [-0.25, -0.2) is 13.6 Å². The maximum atomic E-state index is 13.9. The first-order chi connectivity index (χ1) is 13.0. The minimum Gasteiger partial charge on any atom is -0.478 e. The van der Waals surface area contributed by atoms with Crippen LogP contribution in [0.3, 0.4) is 0 Å². The van der Waals surface area contributed by atoms with Gasteiger partial charge in [0.15, 0.2) is 0 Å². The van der Waals surface area contributed by atoms with Crippen molar-refractivity contribution in [2.24, 2.45) is 0 Å². The molecule has 0 bridgehead atoms. The molecule has 1 aliphatic rings. The third kappa shape index (κ3) is 4.42. The normalized spacial score (nSPS) is 14.3. The Hall–Kier alpha value is -2.96. The summed E-state index contributed by atoms with van der Waals surface area (Å²) in [5, 5.41) is 9.20. The largest absolute Gasteiger partial charge is 0.478 e. The number of carbonyl (C=O) groups is 2. The number of benzene rings is 2. The number of aryl methyl sites for hydroxylation is 1. The molecule has 0 radical (unpaired) electrons. The lowest BCUT2D eigenvalue weighted by Crippen LogP contribution is -2.49. The zero-order valence-electron chi connectivity index (χ0n) is 14.7. The van der Waals surface area contributed by atoms with E-state index in [1.54, 1.807) is 28.0 Å². The van der Waals surface area contributed by atoms with E-state index in [2.05, 4.69) is 0 Å². The second-order valence-electron chi connectivity index (χ2n) is 6.43. The Balaban J connectivity index is 1.56. The monoisotopic (exact) mass is 374 g/mol. The Bertz CT molecular complexity index is 849. The van der Waals surface area contributed by atoms with Crippen LogP contribution >= 0.6 is 0 Å². The Morgan fingerprint density at radius 3 is 2.41 bits per heavy atom. The van der Waals surface area contributed by atoms with E-state index in [1.165, 1.54) is 6.07 Å². The number of carboxylic acid groups (broad SMARTS) is 1. The van der Waals surface area contributed by atoms with Gasteiger partial charge in [0.05, 0.1) is 11.3 Å². The smallest absolute Gasteiger partial charge is 0.335 e. The minimum atomic E-state index is -1.01. The van der Waals surface area contributed by atoms with Crippen LogP contribution in [0.15, 0.2) is 42.5 Å². The van der Waals surface area contributed by atoms with Crippen molar-refractivity contribution in [3.63, 3.8) is 0 Å². The number of piperazine rings is 1. The van der Waals surface area contributed by atoms with E-state index in [1.807, 2.05) is 0 Å². The zero-order chi connectivity index (χ0) is 19.4. The Kier molecular flexibility index (Phi) is 5.69. The SMILES string of the molecule is O=C(O)c1ccccc1CCC(=O)N1CCN(c2cc(F)ccc2F)CC1. The third-order valence-electron chi connectivity index (χ3n) is 4.74. The van der Waals surface area contributed by atoms with Gasteiger partial charge >= 0.3 is 5.97 Å². The van der Waals surface area contributed by atoms with E-state index in [4.69, 9.17) is 0 Å². The van der Waals surface area contributed by atoms with Gasteiger partial charge in [-0.3, -0.25) is 4.79 Å². The van der Waals surface area contributed by atoms with Gasteiger partial charge < -0.3 is 14.9 Å². The fraction of sp³-hybridized carbons (Fsp3) is 0.300. The molecular formula is C20H20F2N2O3. The molecule has 7 heteroatoms. The summed E-state index contributed by atoms with van der Waals surface area (Å²) >= 11 is 0. The van der Waals surface area contributed by atoms with Crippen LogP contribution in [0.25, 0.3) is 0 Å². The molecule has 0 aromatic heterocycles. The predicted molar refractivity (Wildman–Crippen MR) is 96.9 cm³/mol. The summed E-state index contributed by atoms with van der Waals surface area (Å²) in [6, 6.07) is 9.97. The number of anilines is 1. The van der Waals surface area contributed by atoms with Crippen LogP contribution < -0.4 is 4.90 Å². The number of amides is 1. The highest BCUT2D eigenvalue weighted by Crippen LogP contribution is 2.22. The van der Waals surface area contributed by atoms with Crippen molar-refractivity contribution in [2.75, 3.05) is 31.1 Å². The van der Waals surface area contributed by atoms with E-state index in [0.29, 0.717) is 38.2 Å². The van der Waals surface area contributed by atoms with E-state index in [9.17, 15) is 23.5 Å². The number of hydrogen-bond donors (Lipinski definition) is 1. The molecule has 1 N–H and O–H groups in total. The number of rotatable bonds is 5. The summed E-state index contributed by atoms with van der Waals surface area (Å²) in [6.07, 6.45) is 0.554. The van der Waals surface area contributed by atoms with Crippen LogP contribution in [0.4, 0.5) is 14.5 Å². The van der Waals surface area contributed by atoms with Crippen LogP contribution in [0.2, 0.25) is 0 Å². The molecule has 1 amide bonds. The Labute approximate surface area is 155 Å². The van der Waals surface area contributed by atoms with Crippen LogP contribution in [0.1, 0.15) is 22.3 Å². The summed E-state index contributed by atoms with van der Waals surface area (Å²) in [7, 11) is 0. The number of aromatic carboxylic acids is 1. The van der Waals surface area contributed by atoms with Gasteiger partial charge in [0.25, 0.3) is 0 Å². The van der Waals surface area contributed by atoms with Crippen LogP contribution in [-0.2, 0) is 11.2 Å². The van der Waals surface area contributed by atoms with E-state index < -0.39 is 17.6 Å². The topological polar surface area (TPSA) is 60.9 Å². The molecule has 2 aromatic rings. The van der Waals surface area contributed by atoms with Crippen molar-refractivity contribution in [3.8, 4) is 0 Å². The second kappa shape index (κ2) is 8.16. The molecule has 1 saturated heterocycles. The fourth-order valence-corrected chi connectivity index (χ4v) is 3.27. The van der Waals surface area contributed by atoms with Gasteiger partial charge in [-0.1, -0.05) is 18.2 Å². The van der Waals surface area contributed by atoms with Crippen molar-refractivity contribution < 1.29 is 23.5 Å². The third-order valence-corrected chi connectivity index (χ3v) is 4.74. The fourth-order valence-electron chi connectivity index (χ4n) is 3.27. The number of hydrogen-bond acceptors (Lipinski definition) is 3. The summed E-state index contributed by atoms with van der Waals surface area (Å²) < 4.78 is 27.2. The quantitative estimate of drug-likeness (QED) is 0.874. The lowest BCUT2D eigenvalue weighted by molar-refractivity contribution is -0.131. The average molecular weight is 374 g/mol. The van der Waals surface area contributed by atoms with Crippen LogP contribution in [0.5, 0.6) is 0 Å². The van der Waals surface area contributed by atoms with E-state index in [0.717, 1.165) is 18.2 Å². The van der Waals surface area contributed by atoms with Crippen LogP contribution in [0, 0.1) is 11.6 Å². The summed E-state index contributed by atoms with van der Waals surface area (Å²) in [5.74, 6) is -2.07. The van der Waals surface area contributed by atoms with Crippen molar-refractivity contribution in [3.05, 3.63) is 65.2 Å². The van der Waals surface area contributed by atoms with Crippen molar-refractivity contribution in [1.82, 2.24) is 4.90 Å². The number of carbonyl (C=O) groups excluding carboxylic acids is 1. The van der Waals surface area contributed by atoms with E-state index in [-0.39, 0.29) is 23.6 Å². The van der Waals surface area contributed by atoms with Gasteiger partial charge in [-0.05, 0) is 30.2 Å². The van der Waals surface area contributed by atoms with Gasteiger partial charge in [0.2, 0.25) is 5.91 Å². The van der Waals surface area contributed by atoms with Gasteiger partial charge in [0.1, 0.15) is 11.6 Å². The lowest BCUT2D eigenvalue weighted by atomic mass is 10.0. The van der Waals surface area contributed by atoms with Crippen molar-refractivity contribution in [2.45, 2.75) is 12.8 Å². The maximum Gasteiger partial charge on any atom is 0.335 e. The van der Waals surface area contributed by atoms with Gasteiger partial charge in [-0.2, -0.15) is 0 Å². The predicted octanol–water partition coefficient (Wildman–Crippen LogP) is 2.94. The van der Waals surface area contributed by atoms with Crippen molar-refractivity contribution in [1.29, 1.82) is 0 Å². The molecule has 27 heavy (non-hydrogen) atoms. The maximum absolute atomic E-state index is 13.9. The van der Waals surface area contributed by atoms with E-state index >= 15 is 0 Å². The average Bonchev–Trinajstić information content (AvgIpc) is 2.68. The number of nitrogens with zero attached hydrogens (tertiary/aromatic N) is 2. The molecule has 2 aromatic carbocycles. The highest BCUT2D eigenvalue weighted by atomic mass is 19.1. The molecule has 0 aliphatic carbocycles. The molecule has 0 atom stereocenters. The molecular weight excluding hydrogens is 354 g/mol. The first-order valence-corrected chi connectivity index (χ1v) is 8.74. The first kappa shape index (κ1) is 18.8. The Morgan fingerprint density at radius 2 is 1.70 bits per heavy atom. The molecule has 0 saturated carbocycles. The summed E-state index contributed by atoms with van der Waals surface area (Å²) in [5.41, 5.74) is 1.04. The molecule has 1 heterocycles. The Morgan fingerprint density at radius 1 is 1.00 bits per heavy atom. The number of carboxylic acids is 1. The number of halogens is 2. The van der Waals surface area contributed by atoms with Gasteiger partial charge in [-0.15, -0.1) is 0 Å². The molecule has 0 unspecified atom stereocenters. The molecule has 0 spiro atoms.